The number of urea groups is 1. The quantitative estimate of drug-likeness (QED) is 0.454. The number of nitrogens with one attached hydrogen (secondary N) is 1. The van der Waals surface area contributed by atoms with E-state index >= 15 is 0 Å². The first kappa shape index (κ1) is 14.4. The Bertz CT molecular complexity index is 185. The van der Waals surface area contributed by atoms with Crippen molar-refractivity contribution in [3.8, 4) is 0 Å². The number of rotatable bonds is 4. The lowest BCUT2D eigenvalue weighted by atomic mass is 10.4. The first-order valence-corrected chi connectivity index (χ1v) is 5.73. The summed E-state index contributed by atoms with van der Waals surface area (Å²) in [5.41, 5.74) is 4.92. The van der Waals surface area contributed by atoms with Crippen LogP contribution < -0.4 is 11.1 Å². The summed E-state index contributed by atoms with van der Waals surface area (Å²) in [7, 11) is 3.66. The molecule has 1 aliphatic heterocycles. The Morgan fingerprint density at radius 2 is 2.07 bits per heavy atom. The predicted molar refractivity (Wildman–Crippen MR) is 59.7 cm³/mol. The number of hydrogen-bond donors (Lipinski definition) is 2. The number of methoxy groups -OCH3 is 2. The molecule has 0 aromatic rings. The Morgan fingerprint density at radius 3 is 2.27 bits per heavy atom. The standard InChI is InChI=1S/C5H14N2O3Si.C3H6O/c1-9-3-5(11,10-2)7-4(6)8;1-2-4-3-1/h3H2,1-2,11H3,(H3,6,7,8);1-3H2. The van der Waals surface area contributed by atoms with Crippen LogP contribution in [-0.4, -0.2) is 55.7 Å². The van der Waals surface area contributed by atoms with Crippen LogP contribution in [0.25, 0.3) is 0 Å². The lowest BCUT2D eigenvalue weighted by Crippen LogP contribution is -2.55. The fourth-order valence-electron chi connectivity index (χ4n) is 0.826. The molecule has 0 bridgehead atoms. The van der Waals surface area contributed by atoms with Gasteiger partial charge in [-0.2, -0.15) is 0 Å². The van der Waals surface area contributed by atoms with Crippen molar-refractivity contribution in [1.82, 2.24) is 5.32 Å². The van der Waals surface area contributed by atoms with E-state index in [0.717, 1.165) is 13.2 Å². The highest BCUT2D eigenvalue weighted by Crippen LogP contribution is 1.98. The molecule has 0 aromatic carbocycles. The van der Waals surface area contributed by atoms with Gasteiger partial charge in [0.2, 0.25) is 0 Å². The van der Waals surface area contributed by atoms with E-state index in [9.17, 15) is 4.79 Å². The van der Waals surface area contributed by atoms with Gasteiger partial charge in [-0.1, -0.05) is 0 Å². The molecule has 1 saturated heterocycles. The molecule has 3 N–H and O–H groups in total. The highest BCUT2D eigenvalue weighted by molar-refractivity contribution is 6.15. The number of carbonyl (C=O) groups excluding carboxylic acids is 1. The van der Waals surface area contributed by atoms with Crippen molar-refractivity contribution in [3.05, 3.63) is 0 Å². The molecule has 15 heavy (non-hydrogen) atoms. The molecule has 2 amide bonds. The van der Waals surface area contributed by atoms with Gasteiger partial charge in [0.05, 0.1) is 16.8 Å². The fourth-order valence-corrected chi connectivity index (χ4v) is 1.36. The predicted octanol–water partition coefficient (Wildman–Crippen LogP) is -1.63. The van der Waals surface area contributed by atoms with Crippen LogP contribution in [0.1, 0.15) is 6.42 Å². The van der Waals surface area contributed by atoms with Crippen LogP contribution in [0.3, 0.4) is 0 Å². The molecule has 0 saturated carbocycles. The van der Waals surface area contributed by atoms with Crippen molar-refractivity contribution in [1.29, 1.82) is 0 Å². The van der Waals surface area contributed by atoms with Gasteiger partial charge < -0.3 is 25.3 Å². The van der Waals surface area contributed by atoms with Crippen molar-refractivity contribution in [2.45, 2.75) is 11.8 Å². The van der Waals surface area contributed by atoms with Crippen molar-refractivity contribution in [2.24, 2.45) is 5.73 Å². The van der Waals surface area contributed by atoms with Crippen LogP contribution >= 0.6 is 0 Å². The van der Waals surface area contributed by atoms with Gasteiger partial charge in [-0.15, -0.1) is 0 Å². The van der Waals surface area contributed by atoms with E-state index in [2.05, 4.69) is 5.32 Å². The zero-order valence-corrected chi connectivity index (χ0v) is 11.5. The molecule has 6 nitrogen and oxygen atoms in total. The third-order valence-corrected chi connectivity index (χ3v) is 2.78. The summed E-state index contributed by atoms with van der Waals surface area (Å²) in [5, 5.41) is 1.77. The van der Waals surface area contributed by atoms with E-state index in [1.807, 2.05) is 0 Å². The van der Waals surface area contributed by atoms with Crippen LogP contribution in [0, 0.1) is 0 Å². The molecule has 1 fully saturated rings. The molecule has 1 aliphatic rings. The van der Waals surface area contributed by atoms with E-state index in [1.54, 1.807) is 0 Å². The second kappa shape index (κ2) is 7.63. The Morgan fingerprint density at radius 1 is 1.60 bits per heavy atom. The lowest BCUT2D eigenvalue weighted by Gasteiger charge is -2.27. The molecule has 90 valence electrons. The van der Waals surface area contributed by atoms with Gasteiger partial charge in [0.25, 0.3) is 0 Å². The monoisotopic (exact) mass is 236 g/mol. The highest BCUT2D eigenvalue weighted by Gasteiger charge is 2.23. The number of ether oxygens (including phenoxy) is 3. The third-order valence-electron chi connectivity index (χ3n) is 1.84. The minimum Gasteiger partial charge on any atom is -0.381 e. The maximum Gasteiger partial charge on any atom is 0.314 e. The lowest BCUT2D eigenvalue weighted by molar-refractivity contribution is -0.0175. The normalized spacial score (nSPS) is 18.0. The first-order chi connectivity index (χ1) is 7.04. The summed E-state index contributed by atoms with van der Waals surface area (Å²) in [5.74, 6) is 0. The van der Waals surface area contributed by atoms with Crippen molar-refractivity contribution in [3.63, 3.8) is 0 Å². The summed E-state index contributed by atoms with van der Waals surface area (Å²) in [6, 6.07) is -0.598. The van der Waals surface area contributed by atoms with Gasteiger partial charge in [0.15, 0.2) is 0 Å². The van der Waals surface area contributed by atoms with Gasteiger partial charge in [-0.3, -0.25) is 0 Å². The SMILES string of the molecule is C1COC1.COCC([SiH3])(NC(N)=O)OC. The average molecular weight is 236 g/mol. The van der Waals surface area contributed by atoms with Gasteiger partial charge in [-0.05, 0) is 6.42 Å². The van der Waals surface area contributed by atoms with Gasteiger partial charge in [0, 0.05) is 27.4 Å². The number of nitrogens with two attached hydrogens (primary N) is 1. The van der Waals surface area contributed by atoms with Crippen LogP contribution in [0.4, 0.5) is 4.79 Å². The molecule has 1 unspecified atom stereocenters. The van der Waals surface area contributed by atoms with E-state index < -0.39 is 11.4 Å². The molecule has 0 aliphatic carbocycles. The summed E-state index contributed by atoms with van der Waals surface area (Å²) >= 11 is 0. The molecule has 0 radical (unpaired) electrons. The van der Waals surface area contributed by atoms with Crippen LogP contribution in [0.5, 0.6) is 0 Å². The molecule has 0 spiro atoms. The molecule has 1 atom stereocenters. The van der Waals surface area contributed by atoms with Crippen LogP contribution in [-0.2, 0) is 14.2 Å². The Labute approximate surface area is 92.9 Å². The molecular weight excluding hydrogens is 216 g/mol. The topological polar surface area (TPSA) is 82.8 Å². The molecule has 1 rings (SSSR count). The molecular formula is C8H20N2O4Si. The van der Waals surface area contributed by atoms with Gasteiger partial charge in [-0.25, -0.2) is 4.79 Å². The van der Waals surface area contributed by atoms with E-state index in [4.69, 9.17) is 19.9 Å². The minimum absolute atomic E-state index is 0.318. The highest BCUT2D eigenvalue weighted by atomic mass is 28.1. The maximum absolute atomic E-state index is 10.4. The number of primary amides is 1. The Balaban J connectivity index is 0.000000401. The van der Waals surface area contributed by atoms with E-state index in [-0.39, 0.29) is 0 Å². The number of carbonyl (C=O) groups is 1. The minimum atomic E-state index is -0.694. The summed E-state index contributed by atoms with van der Waals surface area (Å²) in [4.78, 5) is 10.4. The van der Waals surface area contributed by atoms with Gasteiger partial charge >= 0.3 is 6.03 Å². The molecule has 1 heterocycles. The van der Waals surface area contributed by atoms with Gasteiger partial charge in [0.1, 0.15) is 5.35 Å². The van der Waals surface area contributed by atoms with E-state index in [1.165, 1.54) is 20.6 Å². The summed E-state index contributed by atoms with van der Waals surface area (Å²) < 4.78 is 14.6. The largest absolute Gasteiger partial charge is 0.381 e. The second-order valence-electron chi connectivity index (χ2n) is 3.32. The number of amides is 2. The van der Waals surface area contributed by atoms with Crippen molar-refractivity contribution >= 4 is 16.3 Å². The summed E-state index contributed by atoms with van der Waals surface area (Å²) in [6.07, 6.45) is 1.28. The first-order valence-electron chi connectivity index (χ1n) is 4.73. The van der Waals surface area contributed by atoms with Crippen LogP contribution in [0.15, 0.2) is 0 Å². The van der Waals surface area contributed by atoms with Crippen LogP contribution in [0.2, 0.25) is 0 Å². The van der Waals surface area contributed by atoms with E-state index in [0.29, 0.717) is 16.8 Å². The Kier molecular flexibility index (Phi) is 7.31. The molecule has 7 heteroatoms. The smallest absolute Gasteiger partial charge is 0.314 e. The average Bonchev–Trinajstić information content (AvgIpc) is 2.00. The summed E-state index contributed by atoms with van der Waals surface area (Å²) in [6.45, 7) is 2.32. The number of hydrogen-bond acceptors (Lipinski definition) is 4. The molecule has 0 aromatic heterocycles. The van der Waals surface area contributed by atoms with Crippen molar-refractivity contribution in [2.75, 3.05) is 34.0 Å². The zero-order chi connectivity index (χ0) is 11.7. The second-order valence-corrected chi connectivity index (χ2v) is 4.94. The Hall–Kier alpha value is -0.633. The fraction of sp³-hybridized carbons (Fsp3) is 0.875. The maximum atomic E-state index is 10.4. The third kappa shape index (κ3) is 7.31. The zero-order valence-electron chi connectivity index (χ0n) is 9.54. The van der Waals surface area contributed by atoms with Crippen molar-refractivity contribution < 1.29 is 19.0 Å².